The number of aromatic hydroxyl groups is 1. The third kappa shape index (κ3) is 4.30. The number of hydrogen-bond acceptors (Lipinski definition) is 3. The third-order valence-corrected chi connectivity index (χ3v) is 4.90. The average molecular weight is 336 g/mol. The van der Waals surface area contributed by atoms with Gasteiger partial charge < -0.3 is 9.84 Å². The number of allylic oxidation sites excluding steroid dienone is 1. The van der Waals surface area contributed by atoms with Crippen LogP contribution in [0.1, 0.15) is 59.5 Å². The molecule has 0 heterocycles. The molecular formula is C22H24O3. The summed E-state index contributed by atoms with van der Waals surface area (Å²) in [5.74, 6) is 1.09. The summed E-state index contributed by atoms with van der Waals surface area (Å²) in [5, 5.41) is 9.78. The molecule has 25 heavy (non-hydrogen) atoms. The van der Waals surface area contributed by atoms with Crippen LogP contribution < -0.4 is 4.74 Å². The zero-order valence-electron chi connectivity index (χ0n) is 14.6. The van der Waals surface area contributed by atoms with E-state index in [9.17, 15) is 9.90 Å². The highest BCUT2D eigenvalue weighted by Crippen LogP contribution is 2.32. The smallest absolute Gasteiger partial charge is 0.185 e. The van der Waals surface area contributed by atoms with Crippen LogP contribution in [0.5, 0.6) is 11.5 Å². The number of phenols is 1. The molecule has 0 atom stereocenters. The molecule has 0 radical (unpaired) electrons. The minimum atomic E-state index is -0.0366. The molecule has 3 rings (SSSR count). The zero-order chi connectivity index (χ0) is 17.6. The van der Waals surface area contributed by atoms with E-state index in [1.807, 2.05) is 12.1 Å². The first-order valence-electron chi connectivity index (χ1n) is 8.87. The van der Waals surface area contributed by atoms with Crippen molar-refractivity contribution < 1.29 is 14.6 Å². The average Bonchev–Trinajstić information content (AvgIpc) is 2.67. The molecule has 0 amide bonds. The quantitative estimate of drug-likeness (QED) is 0.592. The fourth-order valence-electron chi connectivity index (χ4n) is 3.43. The molecule has 0 saturated heterocycles. The van der Waals surface area contributed by atoms with Gasteiger partial charge in [0.1, 0.15) is 0 Å². The Morgan fingerprint density at radius 1 is 1.08 bits per heavy atom. The first kappa shape index (κ1) is 17.3. The summed E-state index contributed by atoms with van der Waals surface area (Å²) in [4.78, 5) is 12.3. The van der Waals surface area contributed by atoms with Gasteiger partial charge in [0.2, 0.25) is 0 Å². The van der Waals surface area contributed by atoms with Gasteiger partial charge in [-0.05, 0) is 48.1 Å². The molecule has 2 aromatic rings. The van der Waals surface area contributed by atoms with E-state index >= 15 is 0 Å². The van der Waals surface area contributed by atoms with E-state index in [2.05, 4.69) is 12.1 Å². The lowest BCUT2D eigenvalue weighted by Gasteiger charge is -2.21. The maximum absolute atomic E-state index is 12.3. The lowest BCUT2D eigenvalue weighted by atomic mass is 9.84. The Hall–Kier alpha value is -2.55. The molecular weight excluding hydrogens is 312 g/mol. The fraction of sp³-hybridized carbons (Fsp3) is 0.318. The molecule has 0 unspecified atom stereocenters. The summed E-state index contributed by atoms with van der Waals surface area (Å²) in [5.41, 5.74) is 2.79. The topological polar surface area (TPSA) is 46.5 Å². The second kappa shape index (κ2) is 8.02. The molecule has 0 spiro atoms. The van der Waals surface area contributed by atoms with Gasteiger partial charge in [-0.1, -0.05) is 55.7 Å². The monoisotopic (exact) mass is 336 g/mol. The molecule has 1 fully saturated rings. The predicted molar refractivity (Wildman–Crippen MR) is 100 cm³/mol. The van der Waals surface area contributed by atoms with Crippen molar-refractivity contribution in [1.29, 1.82) is 0 Å². The molecule has 1 N–H and O–H groups in total. The van der Waals surface area contributed by atoms with Crippen LogP contribution in [0.3, 0.4) is 0 Å². The Morgan fingerprint density at radius 2 is 1.80 bits per heavy atom. The predicted octanol–water partition coefficient (Wildman–Crippen LogP) is 5.34. The lowest BCUT2D eigenvalue weighted by molar-refractivity contribution is 0.104. The molecule has 0 bridgehead atoms. The van der Waals surface area contributed by atoms with Crippen LogP contribution in [0, 0.1) is 0 Å². The Morgan fingerprint density at radius 3 is 2.44 bits per heavy atom. The van der Waals surface area contributed by atoms with Gasteiger partial charge in [0.05, 0.1) is 7.11 Å². The van der Waals surface area contributed by atoms with E-state index in [1.165, 1.54) is 50.9 Å². The highest BCUT2D eigenvalue weighted by molar-refractivity contribution is 6.06. The second-order valence-corrected chi connectivity index (χ2v) is 6.59. The van der Waals surface area contributed by atoms with E-state index in [4.69, 9.17) is 4.74 Å². The number of ketones is 1. The van der Waals surface area contributed by atoms with E-state index in [1.54, 1.807) is 24.3 Å². The Balaban J connectivity index is 1.67. The fourth-order valence-corrected chi connectivity index (χ4v) is 3.43. The maximum atomic E-state index is 12.3. The summed E-state index contributed by atoms with van der Waals surface area (Å²) in [6.45, 7) is 0. The van der Waals surface area contributed by atoms with Crippen LogP contribution in [0.4, 0.5) is 0 Å². The summed E-state index contributed by atoms with van der Waals surface area (Å²) in [6, 6.07) is 13.1. The van der Waals surface area contributed by atoms with Crippen LogP contribution in [-0.2, 0) is 0 Å². The van der Waals surface area contributed by atoms with Crippen molar-refractivity contribution in [3.8, 4) is 11.5 Å². The number of carbonyl (C=O) groups is 1. The van der Waals surface area contributed by atoms with Crippen LogP contribution in [-0.4, -0.2) is 18.0 Å². The van der Waals surface area contributed by atoms with Crippen molar-refractivity contribution in [3.63, 3.8) is 0 Å². The summed E-state index contributed by atoms with van der Waals surface area (Å²) < 4.78 is 5.01. The number of hydrogen-bond donors (Lipinski definition) is 1. The van der Waals surface area contributed by atoms with Crippen LogP contribution in [0.15, 0.2) is 48.5 Å². The number of methoxy groups -OCH3 is 1. The van der Waals surface area contributed by atoms with Crippen molar-refractivity contribution in [2.75, 3.05) is 7.11 Å². The lowest BCUT2D eigenvalue weighted by Crippen LogP contribution is -2.05. The number of ether oxygens (including phenoxy) is 1. The van der Waals surface area contributed by atoms with Gasteiger partial charge in [-0.2, -0.15) is 0 Å². The van der Waals surface area contributed by atoms with Crippen LogP contribution >= 0.6 is 0 Å². The van der Waals surface area contributed by atoms with Gasteiger partial charge in [0.15, 0.2) is 17.3 Å². The third-order valence-electron chi connectivity index (χ3n) is 4.90. The molecule has 1 aliphatic rings. The van der Waals surface area contributed by atoms with E-state index in [0.29, 0.717) is 17.2 Å². The highest BCUT2D eigenvalue weighted by Gasteiger charge is 2.15. The van der Waals surface area contributed by atoms with Gasteiger partial charge in [-0.15, -0.1) is 0 Å². The highest BCUT2D eigenvalue weighted by atomic mass is 16.5. The molecule has 0 aliphatic heterocycles. The van der Waals surface area contributed by atoms with Gasteiger partial charge in [-0.3, -0.25) is 4.79 Å². The largest absolute Gasteiger partial charge is 0.504 e. The van der Waals surface area contributed by atoms with Crippen molar-refractivity contribution in [3.05, 3.63) is 65.2 Å². The van der Waals surface area contributed by atoms with Crippen LogP contribution in [0.25, 0.3) is 6.08 Å². The van der Waals surface area contributed by atoms with Crippen molar-refractivity contribution in [2.24, 2.45) is 0 Å². The molecule has 2 aromatic carbocycles. The first-order chi connectivity index (χ1) is 12.2. The summed E-state index contributed by atoms with van der Waals surface area (Å²) >= 11 is 0. The van der Waals surface area contributed by atoms with Gasteiger partial charge in [0, 0.05) is 5.56 Å². The van der Waals surface area contributed by atoms with E-state index in [0.717, 1.165) is 5.56 Å². The van der Waals surface area contributed by atoms with Crippen LogP contribution in [0.2, 0.25) is 0 Å². The minimum absolute atomic E-state index is 0.0366. The van der Waals surface area contributed by atoms with Crippen molar-refractivity contribution >= 4 is 11.9 Å². The number of benzene rings is 2. The molecule has 1 aliphatic carbocycles. The number of carbonyl (C=O) groups excluding carboxylic acids is 1. The molecule has 130 valence electrons. The first-order valence-corrected chi connectivity index (χ1v) is 8.87. The van der Waals surface area contributed by atoms with Crippen molar-refractivity contribution in [1.82, 2.24) is 0 Å². The minimum Gasteiger partial charge on any atom is -0.504 e. The second-order valence-electron chi connectivity index (χ2n) is 6.59. The summed E-state index contributed by atoms with van der Waals surface area (Å²) in [6.07, 6.45) is 9.72. The van der Waals surface area contributed by atoms with E-state index < -0.39 is 0 Å². The standard InChI is InChI=1S/C22H24O3/c1-25-22-14-8-16(15-21(22)24)7-13-20(23)19-11-9-18(10-12-19)17-5-3-2-4-6-17/h7-15,17,24H,2-6H2,1H3/b13-7+. The Labute approximate surface area is 149 Å². The molecule has 3 heteroatoms. The number of phenolic OH excluding ortho intramolecular Hbond substituents is 1. The summed E-state index contributed by atoms with van der Waals surface area (Å²) in [7, 11) is 1.51. The maximum Gasteiger partial charge on any atom is 0.185 e. The van der Waals surface area contributed by atoms with E-state index in [-0.39, 0.29) is 11.5 Å². The van der Waals surface area contributed by atoms with Crippen molar-refractivity contribution in [2.45, 2.75) is 38.0 Å². The number of rotatable bonds is 5. The Bertz CT molecular complexity index is 753. The SMILES string of the molecule is COc1ccc(/C=C/C(=O)c2ccc(C3CCCCC3)cc2)cc1O. The molecule has 1 saturated carbocycles. The van der Waals surface area contributed by atoms with Gasteiger partial charge in [0.25, 0.3) is 0 Å². The van der Waals surface area contributed by atoms with Gasteiger partial charge in [-0.25, -0.2) is 0 Å². The van der Waals surface area contributed by atoms with Gasteiger partial charge >= 0.3 is 0 Å². The normalized spacial score (nSPS) is 15.4. The molecule has 0 aromatic heterocycles. The Kier molecular flexibility index (Phi) is 5.54. The molecule has 3 nitrogen and oxygen atoms in total. The zero-order valence-corrected chi connectivity index (χ0v) is 14.6.